The van der Waals surface area contributed by atoms with Crippen LogP contribution in [0.3, 0.4) is 0 Å². The monoisotopic (exact) mass is 185 g/mol. The standard InChI is InChI=1S/C12H13N2/c1-12(7-4-8-12)11-13-9-5-2-3-6-10(9)14-11/h2-3,5-6H,4,7-8H2,1H3. The molecule has 1 fully saturated rings. The molecule has 1 aliphatic carbocycles. The lowest BCUT2D eigenvalue weighted by molar-refractivity contribution is 0.258. The molecule has 1 aliphatic heterocycles. The topological polar surface area (TPSA) is 26.5 Å². The minimum Gasteiger partial charge on any atom is -0.231 e. The van der Waals surface area contributed by atoms with E-state index in [1.54, 1.807) is 0 Å². The summed E-state index contributed by atoms with van der Waals surface area (Å²) in [6.45, 7) is 2.27. The van der Waals surface area contributed by atoms with Gasteiger partial charge in [0, 0.05) is 5.41 Å². The van der Waals surface area contributed by atoms with Crippen LogP contribution in [0.5, 0.6) is 0 Å². The van der Waals surface area contributed by atoms with Crippen molar-refractivity contribution < 1.29 is 0 Å². The normalized spacial score (nSPS) is 21.9. The first-order chi connectivity index (χ1) is 6.78. The third kappa shape index (κ3) is 0.999. The summed E-state index contributed by atoms with van der Waals surface area (Å²) >= 11 is 0. The number of amidine groups is 1. The first kappa shape index (κ1) is 8.04. The number of hydrogen-bond donors (Lipinski definition) is 0. The second-order valence-corrected chi connectivity index (χ2v) is 4.45. The number of nitrogens with zero attached hydrogens (tertiary/aromatic N) is 2. The quantitative estimate of drug-likeness (QED) is 0.642. The Morgan fingerprint density at radius 2 is 1.86 bits per heavy atom. The highest BCUT2D eigenvalue weighted by Gasteiger charge is 2.40. The molecule has 2 nitrogen and oxygen atoms in total. The number of rotatable bonds is 1. The van der Waals surface area contributed by atoms with Crippen LogP contribution >= 0.6 is 0 Å². The third-order valence-corrected chi connectivity index (χ3v) is 3.33. The molecule has 0 spiro atoms. The van der Waals surface area contributed by atoms with Gasteiger partial charge in [0.2, 0.25) is 0 Å². The summed E-state index contributed by atoms with van der Waals surface area (Å²) in [4.78, 5) is 4.60. The van der Waals surface area contributed by atoms with Gasteiger partial charge in [0.1, 0.15) is 5.84 Å². The van der Waals surface area contributed by atoms with Crippen LogP contribution in [-0.4, -0.2) is 5.84 Å². The molecule has 0 aromatic heterocycles. The van der Waals surface area contributed by atoms with Gasteiger partial charge in [-0.2, -0.15) is 0 Å². The highest BCUT2D eigenvalue weighted by molar-refractivity contribution is 5.99. The summed E-state index contributed by atoms with van der Waals surface area (Å²) < 4.78 is 0. The molecule has 1 aromatic rings. The van der Waals surface area contributed by atoms with Crippen LogP contribution in [0, 0.1) is 5.41 Å². The molecular formula is C12H13N2. The van der Waals surface area contributed by atoms with Gasteiger partial charge in [-0.3, -0.25) is 0 Å². The van der Waals surface area contributed by atoms with E-state index < -0.39 is 0 Å². The van der Waals surface area contributed by atoms with Gasteiger partial charge in [0.15, 0.2) is 0 Å². The van der Waals surface area contributed by atoms with Crippen molar-refractivity contribution >= 4 is 17.2 Å². The summed E-state index contributed by atoms with van der Waals surface area (Å²) in [5, 5.41) is 4.60. The van der Waals surface area contributed by atoms with Crippen LogP contribution < -0.4 is 5.32 Å². The molecule has 2 heteroatoms. The molecule has 1 heterocycles. The van der Waals surface area contributed by atoms with Gasteiger partial charge >= 0.3 is 0 Å². The van der Waals surface area contributed by atoms with E-state index in [1.807, 2.05) is 24.3 Å². The van der Waals surface area contributed by atoms with Crippen molar-refractivity contribution in [3.63, 3.8) is 0 Å². The average molecular weight is 185 g/mol. The zero-order chi connectivity index (χ0) is 9.60. The summed E-state index contributed by atoms with van der Waals surface area (Å²) in [5.41, 5.74) is 2.34. The molecule has 0 unspecified atom stereocenters. The number of fused-ring (bicyclic) bond motifs is 1. The Morgan fingerprint density at radius 3 is 2.43 bits per heavy atom. The summed E-state index contributed by atoms with van der Waals surface area (Å²) in [6.07, 6.45) is 3.80. The Labute approximate surface area is 84.1 Å². The molecule has 0 atom stereocenters. The van der Waals surface area contributed by atoms with Crippen LogP contribution in [0.25, 0.3) is 0 Å². The second kappa shape index (κ2) is 2.59. The Morgan fingerprint density at radius 1 is 1.14 bits per heavy atom. The fourth-order valence-corrected chi connectivity index (χ4v) is 2.11. The summed E-state index contributed by atoms with van der Waals surface area (Å²) in [5.74, 6) is 1.05. The molecular weight excluding hydrogens is 172 g/mol. The summed E-state index contributed by atoms with van der Waals surface area (Å²) in [7, 11) is 0. The van der Waals surface area contributed by atoms with E-state index in [2.05, 4.69) is 17.2 Å². The van der Waals surface area contributed by atoms with E-state index in [1.165, 1.54) is 19.3 Å². The molecule has 0 saturated heterocycles. The van der Waals surface area contributed by atoms with E-state index in [9.17, 15) is 0 Å². The van der Waals surface area contributed by atoms with Gasteiger partial charge in [0.05, 0.1) is 11.4 Å². The van der Waals surface area contributed by atoms with Gasteiger partial charge in [-0.1, -0.05) is 25.5 Å². The predicted octanol–water partition coefficient (Wildman–Crippen LogP) is 3.16. The van der Waals surface area contributed by atoms with Crippen molar-refractivity contribution in [3.8, 4) is 0 Å². The fourth-order valence-electron chi connectivity index (χ4n) is 2.11. The van der Waals surface area contributed by atoms with Crippen molar-refractivity contribution in [1.82, 2.24) is 5.32 Å². The minimum atomic E-state index is 0.263. The Bertz CT molecular complexity index is 403. The van der Waals surface area contributed by atoms with Crippen LogP contribution in [-0.2, 0) is 0 Å². The van der Waals surface area contributed by atoms with Gasteiger partial charge in [-0.25, -0.2) is 10.3 Å². The van der Waals surface area contributed by atoms with Gasteiger partial charge in [0.25, 0.3) is 0 Å². The lowest BCUT2D eigenvalue weighted by Crippen LogP contribution is -2.37. The smallest absolute Gasteiger partial charge is 0.135 e. The van der Waals surface area contributed by atoms with E-state index in [0.717, 1.165) is 17.2 Å². The van der Waals surface area contributed by atoms with Crippen LogP contribution in [0.4, 0.5) is 11.4 Å². The maximum Gasteiger partial charge on any atom is 0.135 e. The van der Waals surface area contributed by atoms with Gasteiger partial charge in [-0.15, -0.1) is 0 Å². The zero-order valence-corrected chi connectivity index (χ0v) is 8.33. The fraction of sp³-hybridized carbons (Fsp3) is 0.417. The van der Waals surface area contributed by atoms with Crippen LogP contribution in [0.1, 0.15) is 26.2 Å². The maximum absolute atomic E-state index is 4.60. The lowest BCUT2D eigenvalue weighted by atomic mass is 9.69. The van der Waals surface area contributed by atoms with Crippen LogP contribution in [0.2, 0.25) is 0 Å². The molecule has 0 amide bonds. The van der Waals surface area contributed by atoms with Crippen molar-refractivity contribution in [2.45, 2.75) is 26.2 Å². The molecule has 2 aliphatic rings. The SMILES string of the molecule is CC1(C2=Nc3ccccc3[N]2)CCC1. The largest absolute Gasteiger partial charge is 0.231 e. The Balaban J connectivity index is 1.95. The van der Waals surface area contributed by atoms with Crippen molar-refractivity contribution in [2.24, 2.45) is 10.4 Å². The molecule has 1 saturated carbocycles. The molecule has 71 valence electrons. The Kier molecular flexibility index (Phi) is 1.49. The van der Waals surface area contributed by atoms with E-state index >= 15 is 0 Å². The minimum absolute atomic E-state index is 0.263. The van der Waals surface area contributed by atoms with Crippen LogP contribution in [0.15, 0.2) is 29.3 Å². The lowest BCUT2D eigenvalue weighted by Gasteiger charge is -2.37. The first-order valence-corrected chi connectivity index (χ1v) is 5.18. The Hall–Kier alpha value is -1.31. The van der Waals surface area contributed by atoms with Crippen molar-refractivity contribution in [1.29, 1.82) is 0 Å². The number of hydrogen-bond acceptors (Lipinski definition) is 1. The highest BCUT2D eigenvalue weighted by atomic mass is 15.1. The highest BCUT2D eigenvalue weighted by Crippen LogP contribution is 2.45. The molecule has 1 radical (unpaired) electrons. The molecule has 3 rings (SSSR count). The number of aliphatic imine (C=N–C) groups is 1. The predicted molar refractivity (Wildman–Crippen MR) is 57.3 cm³/mol. The van der Waals surface area contributed by atoms with Crippen molar-refractivity contribution in [3.05, 3.63) is 24.3 Å². The molecule has 1 aromatic carbocycles. The van der Waals surface area contributed by atoms with E-state index in [-0.39, 0.29) is 5.41 Å². The second-order valence-electron chi connectivity index (χ2n) is 4.45. The first-order valence-electron chi connectivity index (χ1n) is 5.18. The molecule has 0 N–H and O–H groups in total. The summed E-state index contributed by atoms with van der Waals surface area (Å²) in [6, 6.07) is 8.11. The van der Waals surface area contributed by atoms with E-state index in [4.69, 9.17) is 0 Å². The molecule has 14 heavy (non-hydrogen) atoms. The third-order valence-electron chi connectivity index (χ3n) is 3.33. The van der Waals surface area contributed by atoms with Gasteiger partial charge < -0.3 is 0 Å². The number of para-hydroxylation sites is 2. The average Bonchev–Trinajstić information content (AvgIpc) is 2.57. The molecule has 0 bridgehead atoms. The zero-order valence-electron chi connectivity index (χ0n) is 8.33. The maximum atomic E-state index is 4.60. The van der Waals surface area contributed by atoms with Crippen molar-refractivity contribution in [2.75, 3.05) is 0 Å². The number of benzene rings is 1. The van der Waals surface area contributed by atoms with Gasteiger partial charge in [-0.05, 0) is 25.0 Å². The van der Waals surface area contributed by atoms with E-state index in [0.29, 0.717) is 0 Å².